The minimum atomic E-state index is 0.476. The van der Waals surface area contributed by atoms with Crippen LogP contribution in [0.1, 0.15) is 25.6 Å². The Balaban J connectivity index is 2.71. The minimum Gasteiger partial charge on any atom is -0.314 e. The molecule has 0 saturated heterocycles. The van der Waals surface area contributed by atoms with E-state index < -0.39 is 0 Å². The molecule has 0 fully saturated rings. The highest BCUT2D eigenvalue weighted by atomic mass is 15.2. The third-order valence-electron chi connectivity index (χ3n) is 2.13. The number of rotatable bonds is 1. The van der Waals surface area contributed by atoms with Crippen LogP contribution in [0.25, 0.3) is 5.78 Å². The highest BCUT2D eigenvalue weighted by Crippen LogP contribution is 2.12. The van der Waals surface area contributed by atoms with Crippen molar-refractivity contribution < 1.29 is 0 Å². The number of imidazole rings is 2. The smallest absolute Gasteiger partial charge is 0.214 e. The summed E-state index contributed by atoms with van der Waals surface area (Å²) in [5.74, 6) is 1.03. The van der Waals surface area contributed by atoms with Crippen molar-refractivity contribution in [3.63, 3.8) is 0 Å². The summed E-state index contributed by atoms with van der Waals surface area (Å²) in [5, 5.41) is 0. The maximum Gasteiger partial charge on any atom is 0.214 e. The van der Waals surface area contributed by atoms with E-state index >= 15 is 0 Å². The summed E-state index contributed by atoms with van der Waals surface area (Å²) in [5.41, 5.74) is 1.18. The molecule has 0 aliphatic heterocycles. The van der Waals surface area contributed by atoms with Gasteiger partial charge in [0.2, 0.25) is 5.78 Å². The van der Waals surface area contributed by atoms with Gasteiger partial charge in [-0.05, 0) is 20.8 Å². The number of nitrogens with zero attached hydrogens (tertiary/aromatic N) is 3. The Bertz CT molecular complexity index is 395. The van der Waals surface area contributed by atoms with Crippen LogP contribution in [0.2, 0.25) is 0 Å². The molecule has 0 aliphatic carbocycles. The first-order chi connectivity index (χ1) is 5.70. The maximum atomic E-state index is 4.33. The monoisotopic (exact) mass is 163 g/mol. The van der Waals surface area contributed by atoms with Crippen molar-refractivity contribution in [3.8, 4) is 0 Å². The fourth-order valence-electron chi connectivity index (χ4n) is 1.42. The van der Waals surface area contributed by atoms with Crippen molar-refractivity contribution in [2.45, 2.75) is 26.8 Å². The van der Waals surface area contributed by atoms with Crippen molar-refractivity contribution in [1.82, 2.24) is 14.0 Å². The first kappa shape index (κ1) is 7.40. The van der Waals surface area contributed by atoms with E-state index in [1.165, 1.54) is 5.69 Å². The van der Waals surface area contributed by atoms with Gasteiger partial charge in [0.25, 0.3) is 0 Å². The quantitative estimate of drug-likeness (QED) is 0.630. The predicted octanol–water partition coefficient (Wildman–Crippen LogP) is 2.03. The molecule has 0 amide bonds. The molecule has 2 heterocycles. The second-order valence-electron chi connectivity index (χ2n) is 3.37. The Labute approximate surface area is 71.6 Å². The van der Waals surface area contributed by atoms with Crippen LogP contribution in [0.5, 0.6) is 0 Å². The van der Waals surface area contributed by atoms with Crippen molar-refractivity contribution in [2.75, 3.05) is 0 Å². The van der Waals surface area contributed by atoms with Gasteiger partial charge >= 0.3 is 0 Å². The van der Waals surface area contributed by atoms with E-state index in [1.54, 1.807) is 0 Å². The lowest BCUT2D eigenvalue weighted by molar-refractivity contribution is 0.615. The lowest BCUT2D eigenvalue weighted by atomic mass is 10.4. The molecule has 0 bridgehead atoms. The van der Waals surface area contributed by atoms with E-state index in [4.69, 9.17) is 0 Å². The summed E-state index contributed by atoms with van der Waals surface area (Å²) < 4.78 is 4.26. The van der Waals surface area contributed by atoms with Gasteiger partial charge in [-0.1, -0.05) is 0 Å². The van der Waals surface area contributed by atoms with Crippen LogP contribution in [0.15, 0.2) is 18.6 Å². The second-order valence-corrected chi connectivity index (χ2v) is 3.37. The van der Waals surface area contributed by atoms with Gasteiger partial charge < -0.3 is 4.57 Å². The van der Waals surface area contributed by atoms with Crippen molar-refractivity contribution in [3.05, 3.63) is 24.3 Å². The third-order valence-corrected chi connectivity index (χ3v) is 2.13. The van der Waals surface area contributed by atoms with Gasteiger partial charge in [-0.25, -0.2) is 4.98 Å². The van der Waals surface area contributed by atoms with Gasteiger partial charge in [0.05, 0.1) is 6.20 Å². The standard InChI is InChI=1S/C9H13N3/c1-7(2)11-4-5-12-8(3)6-10-9(11)12/h4-7H,1-3H3. The van der Waals surface area contributed by atoms with Crippen LogP contribution < -0.4 is 0 Å². The molecule has 0 N–H and O–H groups in total. The minimum absolute atomic E-state index is 0.476. The molecule has 64 valence electrons. The van der Waals surface area contributed by atoms with Crippen LogP contribution in [-0.4, -0.2) is 14.0 Å². The molecular formula is C9H13N3. The zero-order valence-electron chi connectivity index (χ0n) is 7.65. The molecule has 0 aliphatic rings. The van der Waals surface area contributed by atoms with Gasteiger partial charge in [-0.3, -0.25) is 4.40 Å². The summed E-state index contributed by atoms with van der Waals surface area (Å²) in [6.07, 6.45) is 6.02. The number of aryl methyl sites for hydroxylation is 1. The largest absolute Gasteiger partial charge is 0.314 e. The predicted molar refractivity (Wildman–Crippen MR) is 48.3 cm³/mol. The van der Waals surface area contributed by atoms with E-state index in [0.29, 0.717) is 6.04 Å². The highest BCUT2D eigenvalue weighted by Gasteiger charge is 2.06. The first-order valence-electron chi connectivity index (χ1n) is 4.20. The number of fused-ring (bicyclic) bond motifs is 1. The lowest BCUT2D eigenvalue weighted by Gasteiger charge is -2.05. The Hall–Kier alpha value is -1.25. The molecule has 0 spiro atoms. The molecule has 2 aromatic rings. The number of hydrogen-bond acceptors (Lipinski definition) is 1. The maximum absolute atomic E-state index is 4.33. The summed E-state index contributed by atoms with van der Waals surface area (Å²) in [7, 11) is 0. The molecule has 3 nitrogen and oxygen atoms in total. The van der Waals surface area contributed by atoms with Gasteiger partial charge in [0, 0.05) is 24.1 Å². The molecule has 0 atom stereocenters. The molecule has 2 aromatic heterocycles. The van der Waals surface area contributed by atoms with E-state index in [0.717, 1.165) is 5.78 Å². The third kappa shape index (κ3) is 0.858. The molecule has 0 radical (unpaired) electrons. The topological polar surface area (TPSA) is 22.2 Å². The van der Waals surface area contributed by atoms with E-state index in [1.807, 2.05) is 6.20 Å². The van der Waals surface area contributed by atoms with Gasteiger partial charge in [-0.2, -0.15) is 0 Å². The van der Waals surface area contributed by atoms with Crippen molar-refractivity contribution >= 4 is 5.78 Å². The van der Waals surface area contributed by atoms with Gasteiger partial charge in [0.1, 0.15) is 0 Å². The molecule has 2 rings (SSSR count). The van der Waals surface area contributed by atoms with Crippen LogP contribution in [0.3, 0.4) is 0 Å². The van der Waals surface area contributed by atoms with Crippen molar-refractivity contribution in [1.29, 1.82) is 0 Å². The Morgan fingerprint density at radius 3 is 2.75 bits per heavy atom. The molecule has 0 aromatic carbocycles. The summed E-state index contributed by atoms with van der Waals surface area (Å²) in [4.78, 5) is 4.33. The van der Waals surface area contributed by atoms with E-state index in [9.17, 15) is 0 Å². The molecule has 0 saturated carbocycles. The molecular weight excluding hydrogens is 150 g/mol. The average molecular weight is 163 g/mol. The number of aromatic nitrogens is 3. The fraction of sp³-hybridized carbons (Fsp3) is 0.444. The van der Waals surface area contributed by atoms with Gasteiger partial charge in [0.15, 0.2) is 0 Å². The average Bonchev–Trinajstić information content (AvgIpc) is 2.53. The Morgan fingerprint density at radius 2 is 2.08 bits per heavy atom. The summed E-state index contributed by atoms with van der Waals surface area (Å²) in [6, 6.07) is 0.476. The first-order valence-corrected chi connectivity index (χ1v) is 4.20. The van der Waals surface area contributed by atoms with Gasteiger partial charge in [-0.15, -0.1) is 0 Å². The van der Waals surface area contributed by atoms with Crippen LogP contribution in [0, 0.1) is 6.92 Å². The SMILES string of the molecule is Cc1cnc2n(C(C)C)ccn12. The molecule has 0 unspecified atom stereocenters. The summed E-state index contributed by atoms with van der Waals surface area (Å²) >= 11 is 0. The molecule has 3 heteroatoms. The lowest BCUT2D eigenvalue weighted by Crippen LogP contribution is -1.99. The van der Waals surface area contributed by atoms with Crippen LogP contribution >= 0.6 is 0 Å². The van der Waals surface area contributed by atoms with E-state index in [2.05, 4.69) is 47.1 Å². The number of hydrogen-bond donors (Lipinski definition) is 0. The fourth-order valence-corrected chi connectivity index (χ4v) is 1.42. The highest BCUT2D eigenvalue weighted by molar-refractivity contribution is 5.33. The van der Waals surface area contributed by atoms with E-state index in [-0.39, 0.29) is 0 Å². The molecule has 12 heavy (non-hydrogen) atoms. The summed E-state index contributed by atoms with van der Waals surface area (Å²) in [6.45, 7) is 6.37. The zero-order valence-corrected chi connectivity index (χ0v) is 7.65. The normalized spacial score (nSPS) is 11.7. The Kier molecular flexibility index (Phi) is 1.46. The second kappa shape index (κ2) is 2.37. The van der Waals surface area contributed by atoms with Crippen LogP contribution in [-0.2, 0) is 0 Å². The van der Waals surface area contributed by atoms with Crippen LogP contribution in [0.4, 0.5) is 0 Å². The van der Waals surface area contributed by atoms with Crippen molar-refractivity contribution in [2.24, 2.45) is 0 Å². The Morgan fingerprint density at radius 1 is 1.33 bits per heavy atom. The zero-order chi connectivity index (χ0) is 8.72.